The zero-order valence-corrected chi connectivity index (χ0v) is 7.49. The van der Waals surface area contributed by atoms with Gasteiger partial charge in [-0.2, -0.15) is 0 Å². The molecule has 1 rings (SSSR count). The van der Waals surface area contributed by atoms with Crippen LogP contribution >= 0.6 is 0 Å². The van der Waals surface area contributed by atoms with Crippen molar-refractivity contribution in [2.75, 3.05) is 0 Å². The summed E-state index contributed by atoms with van der Waals surface area (Å²) in [4.78, 5) is 10.3. The van der Waals surface area contributed by atoms with Gasteiger partial charge in [-0.15, -0.1) is 0 Å². The Balaban J connectivity index is 2.36. The van der Waals surface area contributed by atoms with Crippen molar-refractivity contribution in [3.8, 4) is 0 Å². The average Bonchev–Trinajstić information content (AvgIpc) is 2.53. The summed E-state index contributed by atoms with van der Waals surface area (Å²) < 4.78 is 2.07. The SMILES string of the molecule is CCCCCn1ccc(C=O)c1. The lowest BCUT2D eigenvalue weighted by molar-refractivity contribution is 0.112. The van der Waals surface area contributed by atoms with Gasteiger partial charge in [0.1, 0.15) is 0 Å². The smallest absolute Gasteiger partial charge is 0.151 e. The lowest BCUT2D eigenvalue weighted by Gasteiger charge is -1.99. The second-order valence-electron chi connectivity index (χ2n) is 3.01. The van der Waals surface area contributed by atoms with E-state index in [2.05, 4.69) is 11.5 Å². The minimum Gasteiger partial charge on any atom is -0.354 e. The molecule has 1 heterocycles. The van der Waals surface area contributed by atoms with E-state index in [1.807, 2.05) is 18.5 Å². The number of hydrogen-bond acceptors (Lipinski definition) is 1. The molecule has 0 amide bonds. The maximum atomic E-state index is 10.3. The van der Waals surface area contributed by atoms with Gasteiger partial charge in [0, 0.05) is 24.5 Å². The highest BCUT2D eigenvalue weighted by Crippen LogP contribution is 2.02. The van der Waals surface area contributed by atoms with Gasteiger partial charge in [0.05, 0.1) is 0 Å². The van der Waals surface area contributed by atoms with Crippen LogP contribution in [0.25, 0.3) is 0 Å². The molecule has 2 heteroatoms. The third-order valence-corrected chi connectivity index (χ3v) is 1.93. The van der Waals surface area contributed by atoms with Gasteiger partial charge in [-0.3, -0.25) is 4.79 Å². The standard InChI is InChI=1S/C10H15NO/c1-2-3-4-6-11-7-5-10(8-11)9-12/h5,7-9H,2-4,6H2,1H3. The number of hydrogen-bond donors (Lipinski definition) is 0. The van der Waals surface area contributed by atoms with E-state index in [1.54, 1.807) is 0 Å². The normalized spacial score (nSPS) is 10.1. The van der Waals surface area contributed by atoms with Gasteiger partial charge >= 0.3 is 0 Å². The largest absolute Gasteiger partial charge is 0.354 e. The molecule has 0 N–H and O–H groups in total. The van der Waals surface area contributed by atoms with E-state index in [-0.39, 0.29) is 0 Å². The molecule has 0 saturated heterocycles. The predicted octanol–water partition coefficient (Wildman–Crippen LogP) is 2.49. The molecule has 0 bridgehead atoms. The number of carbonyl (C=O) groups is 1. The fourth-order valence-electron chi connectivity index (χ4n) is 1.21. The number of carbonyl (C=O) groups excluding carboxylic acids is 1. The number of aryl methyl sites for hydroxylation is 1. The van der Waals surface area contributed by atoms with Gasteiger partial charge in [0.25, 0.3) is 0 Å². The van der Waals surface area contributed by atoms with Crippen LogP contribution in [0.4, 0.5) is 0 Å². The highest BCUT2D eigenvalue weighted by molar-refractivity contribution is 5.74. The lowest BCUT2D eigenvalue weighted by atomic mass is 10.2. The molecule has 0 spiro atoms. The van der Waals surface area contributed by atoms with Crippen molar-refractivity contribution in [2.24, 2.45) is 0 Å². The molecule has 1 aromatic heterocycles. The van der Waals surface area contributed by atoms with E-state index in [0.29, 0.717) is 0 Å². The molecule has 0 fully saturated rings. The van der Waals surface area contributed by atoms with E-state index in [9.17, 15) is 4.79 Å². The van der Waals surface area contributed by atoms with Crippen LogP contribution < -0.4 is 0 Å². The maximum Gasteiger partial charge on any atom is 0.151 e. The summed E-state index contributed by atoms with van der Waals surface area (Å²) >= 11 is 0. The minimum atomic E-state index is 0.770. The first-order valence-corrected chi connectivity index (χ1v) is 4.47. The van der Waals surface area contributed by atoms with Crippen molar-refractivity contribution >= 4 is 6.29 Å². The van der Waals surface area contributed by atoms with Crippen LogP contribution in [0.5, 0.6) is 0 Å². The van der Waals surface area contributed by atoms with Crippen LogP contribution in [0, 0.1) is 0 Å². The maximum absolute atomic E-state index is 10.3. The number of aromatic nitrogens is 1. The Labute approximate surface area is 73.2 Å². The van der Waals surface area contributed by atoms with E-state index in [4.69, 9.17) is 0 Å². The molecule has 0 unspecified atom stereocenters. The topological polar surface area (TPSA) is 22.0 Å². The van der Waals surface area contributed by atoms with Crippen molar-refractivity contribution < 1.29 is 4.79 Å². The zero-order valence-electron chi connectivity index (χ0n) is 7.49. The predicted molar refractivity (Wildman–Crippen MR) is 49.3 cm³/mol. The Morgan fingerprint density at radius 1 is 1.50 bits per heavy atom. The van der Waals surface area contributed by atoms with Gasteiger partial charge in [0.2, 0.25) is 0 Å². The summed E-state index contributed by atoms with van der Waals surface area (Å²) in [5, 5.41) is 0. The Hall–Kier alpha value is -1.05. The summed E-state index contributed by atoms with van der Waals surface area (Å²) in [7, 11) is 0. The van der Waals surface area contributed by atoms with Gasteiger partial charge in [0.15, 0.2) is 6.29 Å². The first kappa shape index (κ1) is 9.04. The zero-order chi connectivity index (χ0) is 8.81. The molecule has 0 aliphatic rings. The molecule has 0 radical (unpaired) electrons. The number of rotatable bonds is 5. The van der Waals surface area contributed by atoms with Gasteiger partial charge < -0.3 is 4.57 Å². The summed E-state index contributed by atoms with van der Waals surface area (Å²) in [5.74, 6) is 0. The molecule has 0 aliphatic heterocycles. The summed E-state index contributed by atoms with van der Waals surface area (Å²) in [6.07, 6.45) is 8.43. The van der Waals surface area contributed by atoms with Crippen molar-refractivity contribution in [1.82, 2.24) is 4.57 Å². The van der Waals surface area contributed by atoms with Crippen molar-refractivity contribution in [1.29, 1.82) is 0 Å². The third kappa shape index (κ3) is 2.53. The second-order valence-corrected chi connectivity index (χ2v) is 3.01. The van der Waals surface area contributed by atoms with Gasteiger partial charge in [-0.25, -0.2) is 0 Å². The van der Waals surface area contributed by atoms with Crippen LogP contribution in [-0.4, -0.2) is 10.9 Å². The molecular weight excluding hydrogens is 150 g/mol. The fraction of sp³-hybridized carbons (Fsp3) is 0.500. The average molecular weight is 165 g/mol. The molecule has 2 nitrogen and oxygen atoms in total. The van der Waals surface area contributed by atoms with E-state index < -0.39 is 0 Å². The molecule has 1 aromatic rings. The highest BCUT2D eigenvalue weighted by atomic mass is 16.1. The molecule has 0 aromatic carbocycles. The first-order valence-electron chi connectivity index (χ1n) is 4.47. The Morgan fingerprint density at radius 2 is 2.33 bits per heavy atom. The third-order valence-electron chi connectivity index (χ3n) is 1.93. The van der Waals surface area contributed by atoms with E-state index in [1.165, 1.54) is 19.3 Å². The molecule has 12 heavy (non-hydrogen) atoms. The molecule has 0 saturated carbocycles. The van der Waals surface area contributed by atoms with Crippen LogP contribution in [0.1, 0.15) is 36.5 Å². The summed E-state index contributed by atoms with van der Waals surface area (Å²) in [6, 6.07) is 1.85. The Morgan fingerprint density at radius 3 is 2.92 bits per heavy atom. The number of unbranched alkanes of at least 4 members (excludes halogenated alkanes) is 2. The van der Waals surface area contributed by atoms with Crippen LogP contribution in [0.2, 0.25) is 0 Å². The molecular formula is C10H15NO. The number of aldehydes is 1. The Bertz CT molecular complexity index is 240. The molecule has 0 atom stereocenters. The lowest BCUT2D eigenvalue weighted by Crippen LogP contribution is -1.93. The minimum absolute atomic E-state index is 0.770. The summed E-state index contributed by atoms with van der Waals surface area (Å²) in [6.45, 7) is 3.22. The van der Waals surface area contributed by atoms with Crippen LogP contribution in [0.15, 0.2) is 18.5 Å². The van der Waals surface area contributed by atoms with Crippen molar-refractivity contribution in [3.63, 3.8) is 0 Å². The van der Waals surface area contributed by atoms with E-state index in [0.717, 1.165) is 18.4 Å². The van der Waals surface area contributed by atoms with Crippen molar-refractivity contribution in [2.45, 2.75) is 32.7 Å². The number of nitrogens with zero attached hydrogens (tertiary/aromatic N) is 1. The van der Waals surface area contributed by atoms with Crippen molar-refractivity contribution in [3.05, 3.63) is 24.0 Å². The monoisotopic (exact) mass is 165 g/mol. The second kappa shape index (κ2) is 4.75. The fourth-order valence-corrected chi connectivity index (χ4v) is 1.21. The quantitative estimate of drug-likeness (QED) is 0.485. The first-order chi connectivity index (χ1) is 5.86. The van der Waals surface area contributed by atoms with Crippen LogP contribution in [-0.2, 0) is 6.54 Å². The van der Waals surface area contributed by atoms with Gasteiger partial charge in [-0.05, 0) is 12.5 Å². The highest BCUT2D eigenvalue weighted by Gasteiger charge is 1.93. The molecule has 66 valence electrons. The van der Waals surface area contributed by atoms with Gasteiger partial charge in [-0.1, -0.05) is 19.8 Å². The van der Waals surface area contributed by atoms with Crippen LogP contribution in [0.3, 0.4) is 0 Å². The Kier molecular flexibility index (Phi) is 3.58. The van der Waals surface area contributed by atoms with E-state index >= 15 is 0 Å². The summed E-state index contributed by atoms with van der Waals surface area (Å²) in [5.41, 5.74) is 0.770. The molecule has 0 aliphatic carbocycles.